The van der Waals surface area contributed by atoms with Crippen molar-refractivity contribution in [3.63, 3.8) is 0 Å². The summed E-state index contributed by atoms with van der Waals surface area (Å²) in [6.45, 7) is 1.60. The van der Waals surface area contributed by atoms with Gasteiger partial charge in [0, 0.05) is 24.1 Å². The molecule has 1 spiro atoms. The van der Waals surface area contributed by atoms with Crippen LogP contribution < -0.4 is 4.90 Å². The van der Waals surface area contributed by atoms with Crippen LogP contribution in [0.15, 0.2) is 11.4 Å². The molecule has 1 aliphatic heterocycles. The van der Waals surface area contributed by atoms with Crippen molar-refractivity contribution in [1.82, 2.24) is 0 Å². The smallest absolute Gasteiger partial charge is 0.153 e. The summed E-state index contributed by atoms with van der Waals surface area (Å²) in [6.07, 6.45) is 3.16. The number of carbonyl (C=O) groups is 1. The first-order chi connectivity index (χ1) is 9.17. The lowest BCUT2D eigenvalue weighted by Crippen LogP contribution is -2.48. The van der Waals surface area contributed by atoms with E-state index in [9.17, 15) is 15.0 Å². The molecule has 0 bridgehead atoms. The molecule has 2 unspecified atom stereocenters. The number of thiophene rings is 1. The topological polar surface area (TPSA) is 60.8 Å². The van der Waals surface area contributed by atoms with E-state index in [-0.39, 0.29) is 17.6 Å². The van der Waals surface area contributed by atoms with Gasteiger partial charge in [-0.1, -0.05) is 0 Å². The van der Waals surface area contributed by atoms with Gasteiger partial charge in [-0.25, -0.2) is 0 Å². The van der Waals surface area contributed by atoms with E-state index < -0.39 is 0 Å². The number of rotatable bonds is 2. The van der Waals surface area contributed by atoms with Gasteiger partial charge < -0.3 is 15.1 Å². The van der Waals surface area contributed by atoms with Crippen LogP contribution in [0.1, 0.15) is 36.0 Å². The summed E-state index contributed by atoms with van der Waals surface area (Å²) in [7, 11) is 0. The highest BCUT2D eigenvalue weighted by atomic mass is 32.1. The minimum absolute atomic E-state index is 0.310. The standard InChI is InChI=1S/C14H19NO3S/c16-9-10-3-8-19-13(10)15-6-4-14(5-7-15)11(17)1-2-12(14)18/h3,8-9,11-12,17-18H,1-2,4-7H2. The minimum Gasteiger partial charge on any atom is -0.392 e. The fourth-order valence-electron chi connectivity index (χ4n) is 3.56. The first-order valence-electron chi connectivity index (χ1n) is 6.81. The van der Waals surface area contributed by atoms with Crippen molar-refractivity contribution in [3.05, 3.63) is 17.0 Å². The zero-order valence-electron chi connectivity index (χ0n) is 10.8. The number of hydrogen-bond donors (Lipinski definition) is 2. The highest BCUT2D eigenvalue weighted by Crippen LogP contribution is 2.47. The van der Waals surface area contributed by atoms with Crippen LogP contribution in [0.25, 0.3) is 0 Å². The maximum atomic E-state index is 11.0. The molecule has 1 saturated carbocycles. The number of aldehydes is 1. The average molecular weight is 281 g/mol. The van der Waals surface area contributed by atoms with Crippen molar-refractivity contribution < 1.29 is 15.0 Å². The molecule has 1 aromatic rings. The second-order valence-electron chi connectivity index (χ2n) is 5.63. The van der Waals surface area contributed by atoms with Crippen molar-refractivity contribution in [2.24, 2.45) is 5.41 Å². The maximum absolute atomic E-state index is 11.0. The van der Waals surface area contributed by atoms with Gasteiger partial charge in [0.05, 0.1) is 12.2 Å². The van der Waals surface area contributed by atoms with Gasteiger partial charge in [0.15, 0.2) is 6.29 Å². The first-order valence-corrected chi connectivity index (χ1v) is 7.69. The van der Waals surface area contributed by atoms with E-state index in [1.807, 2.05) is 11.4 Å². The molecule has 104 valence electrons. The van der Waals surface area contributed by atoms with Gasteiger partial charge in [-0.2, -0.15) is 0 Å². The molecule has 0 amide bonds. The number of piperidine rings is 1. The summed E-state index contributed by atoms with van der Waals surface area (Å²) in [6, 6.07) is 1.84. The molecule has 4 nitrogen and oxygen atoms in total. The molecule has 5 heteroatoms. The van der Waals surface area contributed by atoms with Gasteiger partial charge in [0.25, 0.3) is 0 Å². The van der Waals surface area contributed by atoms with Crippen LogP contribution in [0.2, 0.25) is 0 Å². The molecule has 19 heavy (non-hydrogen) atoms. The molecular formula is C14H19NO3S. The van der Waals surface area contributed by atoms with Crippen molar-refractivity contribution in [2.45, 2.75) is 37.9 Å². The molecule has 3 rings (SSSR count). The van der Waals surface area contributed by atoms with E-state index in [4.69, 9.17) is 0 Å². The Kier molecular flexibility index (Phi) is 3.37. The summed E-state index contributed by atoms with van der Waals surface area (Å²) < 4.78 is 0. The van der Waals surface area contributed by atoms with Gasteiger partial charge in [0.1, 0.15) is 5.00 Å². The molecule has 1 aromatic heterocycles. The van der Waals surface area contributed by atoms with Crippen molar-refractivity contribution in [3.8, 4) is 0 Å². The zero-order chi connectivity index (χ0) is 13.5. The van der Waals surface area contributed by atoms with Crippen LogP contribution in [0.3, 0.4) is 0 Å². The highest BCUT2D eigenvalue weighted by Gasteiger charge is 2.50. The predicted octanol–water partition coefficient (Wildman–Crippen LogP) is 1.66. The lowest BCUT2D eigenvalue weighted by molar-refractivity contribution is -0.0401. The van der Waals surface area contributed by atoms with E-state index in [0.717, 1.165) is 42.8 Å². The summed E-state index contributed by atoms with van der Waals surface area (Å²) in [5.74, 6) is 0. The Bertz CT molecular complexity index is 453. The van der Waals surface area contributed by atoms with E-state index in [1.165, 1.54) is 0 Å². The Morgan fingerprint density at radius 3 is 2.47 bits per heavy atom. The molecule has 0 aromatic carbocycles. The van der Waals surface area contributed by atoms with Crippen molar-refractivity contribution >= 4 is 22.6 Å². The van der Waals surface area contributed by atoms with Crippen LogP contribution in [0, 0.1) is 5.41 Å². The maximum Gasteiger partial charge on any atom is 0.153 e. The Balaban J connectivity index is 1.75. The normalized spacial score (nSPS) is 29.9. The number of aliphatic hydroxyl groups excluding tert-OH is 2. The fourth-order valence-corrected chi connectivity index (χ4v) is 4.49. The summed E-state index contributed by atoms with van der Waals surface area (Å²) in [5.41, 5.74) is 0.434. The number of aliphatic hydroxyl groups is 2. The lowest BCUT2D eigenvalue weighted by Gasteiger charge is -2.43. The summed E-state index contributed by atoms with van der Waals surface area (Å²) >= 11 is 1.58. The predicted molar refractivity (Wildman–Crippen MR) is 74.8 cm³/mol. The first kappa shape index (κ1) is 13.1. The number of carbonyl (C=O) groups excluding carboxylic acids is 1. The molecule has 1 aliphatic carbocycles. The van der Waals surface area contributed by atoms with Crippen LogP contribution in [-0.4, -0.2) is 41.8 Å². The van der Waals surface area contributed by atoms with Gasteiger partial charge in [0.2, 0.25) is 0 Å². The SMILES string of the molecule is O=Cc1ccsc1N1CCC2(CC1)C(O)CCC2O. The quantitative estimate of drug-likeness (QED) is 0.809. The van der Waals surface area contributed by atoms with Gasteiger partial charge in [-0.15, -0.1) is 11.3 Å². The Morgan fingerprint density at radius 2 is 1.89 bits per heavy atom. The largest absolute Gasteiger partial charge is 0.392 e. The lowest BCUT2D eigenvalue weighted by atomic mass is 9.73. The molecular weight excluding hydrogens is 262 g/mol. The molecule has 0 radical (unpaired) electrons. The van der Waals surface area contributed by atoms with Crippen molar-refractivity contribution in [2.75, 3.05) is 18.0 Å². The second kappa shape index (κ2) is 4.89. The fraction of sp³-hybridized carbons (Fsp3) is 0.643. The van der Waals surface area contributed by atoms with E-state index in [1.54, 1.807) is 11.3 Å². The van der Waals surface area contributed by atoms with E-state index in [2.05, 4.69) is 4.90 Å². The average Bonchev–Trinajstić information content (AvgIpc) is 3.01. The van der Waals surface area contributed by atoms with Crippen molar-refractivity contribution in [1.29, 1.82) is 0 Å². The third kappa shape index (κ3) is 2.00. The molecule has 2 aliphatic rings. The molecule has 2 heterocycles. The Hall–Kier alpha value is -0.910. The second-order valence-corrected chi connectivity index (χ2v) is 6.52. The summed E-state index contributed by atoms with van der Waals surface area (Å²) in [4.78, 5) is 13.2. The minimum atomic E-state index is -0.376. The Labute approximate surface area is 116 Å². The molecule has 1 saturated heterocycles. The van der Waals surface area contributed by atoms with E-state index in [0.29, 0.717) is 12.8 Å². The molecule has 2 atom stereocenters. The number of hydrogen-bond acceptors (Lipinski definition) is 5. The van der Waals surface area contributed by atoms with Crippen LogP contribution >= 0.6 is 11.3 Å². The van der Waals surface area contributed by atoms with Gasteiger partial charge >= 0.3 is 0 Å². The number of anilines is 1. The summed E-state index contributed by atoms with van der Waals surface area (Å²) in [5, 5.41) is 23.3. The third-order valence-corrected chi connectivity index (χ3v) is 5.81. The van der Waals surface area contributed by atoms with E-state index >= 15 is 0 Å². The van der Waals surface area contributed by atoms with Crippen LogP contribution in [0.4, 0.5) is 5.00 Å². The monoisotopic (exact) mass is 281 g/mol. The van der Waals surface area contributed by atoms with Gasteiger partial charge in [-0.05, 0) is 37.1 Å². The zero-order valence-corrected chi connectivity index (χ0v) is 11.6. The molecule has 2 fully saturated rings. The van der Waals surface area contributed by atoms with Crippen LogP contribution in [0.5, 0.6) is 0 Å². The molecule has 2 N–H and O–H groups in total. The third-order valence-electron chi connectivity index (χ3n) is 4.82. The highest BCUT2D eigenvalue weighted by molar-refractivity contribution is 7.14. The Morgan fingerprint density at radius 1 is 1.26 bits per heavy atom. The number of nitrogens with zero attached hydrogens (tertiary/aromatic N) is 1. The van der Waals surface area contributed by atoms with Gasteiger partial charge in [-0.3, -0.25) is 4.79 Å². The van der Waals surface area contributed by atoms with Crippen LogP contribution in [-0.2, 0) is 0 Å².